The number of aryl methyl sites for hydroxylation is 2. The summed E-state index contributed by atoms with van der Waals surface area (Å²) in [6.07, 6.45) is 0. The summed E-state index contributed by atoms with van der Waals surface area (Å²) in [5.41, 5.74) is 1.06. The van der Waals surface area contributed by atoms with Crippen molar-refractivity contribution in [3.8, 4) is 11.4 Å². The van der Waals surface area contributed by atoms with Gasteiger partial charge < -0.3 is 14.1 Å². The normalized spacial score (nSPS) is 12.9. The maximum Gasteiger partial charge on any atom is 0.316 e. The van der Waals surface area contributed by atoms with Crippen molar-refractivity contribution >= 4 is 21.1 Å². The van der Waals surface area contributed by atoms with Gasteiger partial charge in [0.15, 0.2) is 0 Å². The van der Waals surface area contributed by atoms with E-state index < -0.39 is 27.2 Å². The largest absolute Gasteiger partial charge is 0.337 e. The highest BCUT2D eigenvalue weighted by Gasteiger charge is 2.23. The van der Waals surface area contributed by atoms with E-state index in [0.717, 1.165) is 5.56 Å². The molecular formula is C20H19N5O5S. The van der Waals surface area contributed by atoms with Crippen LogP contribution in [0.3, 0.4) is 0 Å². The summed E-state index contributed by atoms with van der Waals surface area (Å²) in [6.45, 7) is 3.46. The Bertz CT molecular complexity index is 1500. The molecule has 11 heteroatoms. The summed E-state index contributed by atoms with van der Waals surface area (Å²) < 4.78 is 34.2. The minimum atomic E-state index is -3.77. The number of hydrogen-bond donors (Lipinski definition) is 2. The molecule has 0 fully saturated rings. The van der Waals surface area contributed by atoms with Gasteiger partial charge in [-0.15, -0.1) is 0 Å². The molecular weight excluding hydrogens is 422 g/mol. The Morgan fingerprint density at radius 1 is 1.13 bits per heavy atom. The van der Waals surface area contributed by atoms with Crippen molar-refractivity contribution in [1.29, 1.82) is 0 Å². The molecule has 0 unspecified atom stereocenters. The first-order chi connectivity index (χ1) is 14.7. The summed E-state index contributed by atoms with van der Waals surface area (Å²) in [6, 6.07) is 10.6. The van der Waals surface area contributed by atoms with Crippen LogP contribution in [-0.2, 0) is 17.1 Å². The predicted molar refractivity (Wildman–Crippen MR) is 113 cm³/mol. The second-order valence-electron chi connectivity index (χ2n) is 7.16. The Hall–Kier alpha value is -3.57. The third-order valence-corrected chi connectivity index (χ3v) is 6.40. The van der Waals surface area contributed by atoms with Crippen LogP contribution >= 0.6 is 0 Å². The van der Waals surface area contributed by atoms with Crippen molar-refractivity contribution in [2.24, 2.45) is 7.05 Å². The van der Waals surface area contributed by atoms with E-state index in [9.17, 15) is 18.0 Å². The van der Waals surface area contributed by atoms with E-state index in [1.165, 1.54) is 23.7 Å². The molecule has 10 nitrogen and oxygen atoms in total. The maximum absolute atomic E-state index is 12.6. The smallest absolute Gasteiger partial charge is 0.316 e. The third-order valence-electron chi connectivity index (χ3n) is 4.84. The number of aromatic nitrogens is 4. The van der Waals surface area contributed by atoms with Crippen LogP contribution in [0, 0.1) is 6.92 Å². The maximum atomic E-state index is 12.6. The predicted octanol–water partition coefficient (Wildman–Crippen LogP) is 1.62. The van der Waals surface area contributed by atoms with Crippen LogP contribution in [0.1, 0.15) is 24.4 Å². The zero-order chi connectivity index (χ0) is 22.3. The Morgan fingerprint density at radius 3 is 2.55 bits per heavy atom. The van der Waals surface area contributed by atoms with Gasteiger partial charge in [0, 0.05) is 12.6 Å². The molecule has 0 saturated carbocycles. The molecule has 2 aromatic heterocycles. The van der Waals surface area contributed by atoms with Crippen LogP contribution in [0.15, 0.2) is 61.5 Å². The number of nitrogens with one attached hydrogen (secondary N) is 2. The highest BCUT2D eigenvalue weighted by atomic mass is 32.2. The molecule has 160 valence electrons. The van der Waals surface area contributed by atoms with E-state index in [2.05, 4.69) is 19.8 Å². The molecule has 2 aromatic carbocycles. The lowest BCUT2D eigenvalue weighted by atomic mass is 10.2. The lowest BCUT2D eigenvalue weighted by Crippen LogP contribution is -2.34. The molecule has 4 rings (SSSR count). The first kappa shape index (κ1) is 20.7. The highest BCUT2D eigenvalue weighted by Crippen LogP contribution is 2.22. The molecule has 0 saturated heterocycles. The second-order valence-corrected chi connectivity index (χ2v) is 8.88. The van der Waals surface area contributed by atoms with Gasteiger partial charge >= 0.3 is 11.1 Å². The number of H-pyrrole nitrogens is 1. The first-order valence-corrected chi connectivity index (χ1v) is 10.8. The van der Waals surface area contributed by atoms with E-state index in [1.807, 2.05) is 6.92 Å². The lowest BCUT2D eigenvalue weighted by molar-refractivity contribution is 0.354. The van der Waals surface area contributed by atoms with Gasteiger partial charge in [0.25, 0.3) is 0 Å². The number of nitrogens with zero attached hydrogens (tertiary/aromatic N) is 3. The molecule has 0 amide bonds. The van der Waals surface area contributed by atoms with Crippen molar-refractivity contribution < 1.29 is 12.9 Å². The van der Waals surface area contributed by atoms with Crippen molar-refractivity contribution in [3.05, 3.63) is 74.6 Å². The Labute approximate surface area is 176 Å². The summed E-state index contributed by atoms with van der Waals surface area (Å²) in [5.74, 6) is 0.299. The van der Waals surface area contributed by atoms with Gasteiger partial charge in [0.2, 0.25) is 21.7 Å². The number of benzene rings is 2. The molecule has 2 N–H and O–H groups in total. The third kappa shape index (κ3) is 3.92. The monoisotopic (exact) mass is 441 g/mol. The van der Waals surface area contributed by atoms with Gasteiger partial charge in [-0.3, -0.25) is 9.59 Å². The standard InChI is InChI=1S/C20H19N5O5S/c1-11-4-7-14(8-5-11)31(28,29)24-12(2)19-22-17(23-30-19)13-6-9-16-15(10-13)21-18(26)20(27)25(16)3/h4-10,12,24H,1-3H3,(H,21,26)/t12-/m1/s1. The van der Waals surface area contributed by atoms with E-state index >= 15 is 0 Å². The molecule has 0 bridgehead atoms. The minimum Gasteiger partial charge on any atom is -0.337 e. The van der Waals surface area contributed by atoms with Gasteiger partial charge in [0.05, 0.1) is 22.0 Å². The molecule has 0 aliphatic heterocycles. The highest BCUT2D eigenvalue weighted by molar-refractivity contribution is 7.89. The molecule has 0 radical (unpaired) electrons. The molecule has 4 aromatic rings. The fraction of sp³-hybridized carbons (Fsp3) is 0.200. The SMILES string of the molecule is Cc1ccc(S(=O)(=O)N[C@H](C)c2nc(-c3ccc4c(c3)[nH]c(=O)c(=O)n4C)no2)cc1. The number of rotatable bonds is 5. The lowest BCUT2D eigenvalue weighted by Gasteiger charge is -2.10. The average Bonchev–Trinajstić information content (AvgIpc) is 3.22. The van der Waals surface area contributed by atoms with Gasteiger partial charge in [0.1, 0.15) is 0 Å². The molecule has 0 spiro atoms. The van der Waals surface area contributed by atoms with Crippen LogP contribution < -0.4 is 15.8 Å². The number of hydrogen-bond acceptors (Lipinski definition) is 7. The molecule has 0 aliphatic carbocycles. The fourth-order valence-electron chi connectivity index (χ4n) is 3.10. The Balaban J connectivity index is 1.62. The van der Waals surface area contributed by atoms with Crippen LogP contribution in [0.5, 0.6) is 0 Å². The molecule has 31 heavy (non-hydrogen) atoms. The van der Waals surface area contributed by atoms with E-state index in [0.29, 0.717) is 16.6 Å². The van der Waals surface area contributed by atoms with E-state index in [1.54, 1.807) is 37.3 Å². The van der Waals surface area contributed by atoms with Crippen LogP contribution in [-0.4, -0.2) is 28.1 Å². The average molecular weight is 441 g/mol. The van der Waals surface area contributed by atoms with Crippen molar-refractivity contribution in [3.63, 3.8) is 0 Å². The topological polar surface area (TPSA) is 140 Å². The molecule has 1 atom stereocenters. The summed E-state index contributed by atoms with van der Waals surface area (Å²) in [7, 11) is -2.26. The van der Waals surface area contributed by atoms with Crippen LogP contribution in [0.25, 0.3) is 22.4 Å². The van der Waals surface area contributed by atoms with E-state index in [-0.39, 0.29) is 16.6 Å². The zero-order valence-electron chi connectivity index (χ0n) is 16.9. The molecule has 0 aliphatic rings. The van der Waals surface area contributed by atoms with Crippen LogP contribution in [0.4, 0.5) is 0 Å². The summed E-state index contributed by atoms with van der Waals surface area (Å²) in [5, 5.41) is 3.91. The second kappa shape index (κ2) is 7.60. The quantitative estimate of drug-likeness (QED) is 0.449. The van der Waals surface area contributed by atoms with Crippen molar-refractivity contribution in [2.75, 3.05) is 0 Å². The van der Waals surface area contributed by atoms with Gasteiger partial charge in [-0.05, 0) is 44.2 Å². The zero-order valence-corrected chi connectivity index (χ0v) is 17.7. The van der Waals surface area contributed by atoms with Gasteiger partial charge in [-0.25, -0.2) is 8.42 Å². The number of fused-ring (bicyclic) bond motifs is 1. The fourth-order valence-corrected chi connectivity index (χ4v) is 4.30. The number of aromatic amines is 1. The van der Waals surface area contributed by atoms with Gasteiger partial charge in [-0.1, -0.05) is 22.9 Å². The Kier molecular flexibility index (Phi) is 5.07. The molecule has 2 heterocycles. The van der Waals surface area contributed by atoms with Crippen LogP contribution in [0.2, 0.25) is 0 Å². The summed E-state index contributed by atoms with van der Waals surface area (Å²) >= 11 is 0. The number of sulfonamides is 1. The first-order valence-electron chi connectivity index (χ1n) is 9.32. The minimum absolute atomic E-state index is 0.0831. The van der Waals surface area contributed by atoms with Gasteiger partial charge in [-0.2, -0.15) is 9.71 Å². The van der Waals surface area contributed by atoms with Crippen molar-refractivity contribution in [2.45, 2.75) is 24.8 Å². The Morgan fingerprint density at radius 2 is 1.84 bits per heavy atom. The van der Waals surface area contributed by atoms with Crippen molar-refractivity contribution in [1.82, 2.24) is 24.4 Å². The summed E-state index contributed by atoms with van der Waals surface area (Å²) in [4.78, 5) is 30.5. The van der Waals surface area contributed by atoms with E-state index in [4.69, 9.17) is 4.52 Å².